The van der Waals surface area contributed by atoms with Gasteiger partial charge >= 0.3 is 0 Å². The van der Waals surface area contributed by atoms with Crippen LogP contribution in [-0.2, 0) is 0 Å². The summed E-state index contributed by atoms with van der Waals surface area (Å²) in [5, 5.41) is 17.1. The van der Waals surface area contributed by atoms with E-state index < -0.39 is 6.10 Å². The first-order chi connectivity index (χ1) is 10.7. The highest BCUT2D eigenvalue weighted by Gasteiger charge is 2.22. The van der Waals surface area contributed by atoms with Crippen LogP contribution >= 0.6 is 0 Å². The Morgan fingerprint density at radius 3 is 2.64 bits per heavy atom. The summed E-state index contributed by atoms with van der Waals surface area (Å²) in [6.45, 7) is 0.0448. The van der Waals surface area contributed by atoms with Crippen LogP contribution in [0, 0.1) is 5.82 Å². The van der Waals surface area contributed by atoms with E-state index in [0.29, 0.717) is 28.2 Å². The van der Waals surface area contributed by atoms with Gasteiger partial charge in [-0.2, -0.15) is 5.10 Å². The predicted octanol–water partition coefficient (Wildman–Crippen LogP) is 1.66. The summed E-state index contributed by atoms with van der Waals surface area (Å²) in [7, 11) is 0. The number of rotatable bonds is 4. The molecule has 0 aliphatic heterocycles. The van der Waals surface area contributed by atoms with E-state index in [0.717, 1.165) is 0 Å². The molecule has 2 heterocycles. The van der Waals surface area contributed by atoms with Gasteiger partial charge in [0, 0.05) is 18.3 Å². The third-order valence-corrected chi connectivity index (χ3v) is 3.31. The molecule has 22 heavy (non-hydrogen) atoms. The Hall–Kier alpha value is -2.64. The highest BCUT2D eigenvalue weighted by Crippen LogP contribution is 2.34. The van der Waals surface area contributed by atoms with Crippen molar-refractivity contribution in [3.8, 4) is 22.5 Å². The van der Waals surface area contributed by atoms with E-state index in [2.05, 4.69) is 20.2 Å². The smallest absolute Gasteiger partial charge is 0.123 e. The molecule has 0 aliphatic rings. The summed E-state index contributed by atoms with van der Waals surface area (Å²) in [6, 6.07) is 7.66. The zero-order chi connectivity index (χ0) is 15.5. The van der Waals surface area contributed by atoms with Crippen LogP contribution in [0.3, 0.4) is 0 Å². The van der Waals surface area contributed by atoms with Crippen LogP contribution in [0.25, 0.3) is 22.5 Å². The molecule has 3 aromatic rings. The molecule has 0 bridgehead atoms. The number of halogens is 1. The van der Waals surface area contributed by atoms with E-state index in [1.54, 1.807) is 24.4 Å². The lowest BCUT2D eigenvalue weighted by Gasteiger charge is -2.09. The van der Waals surface area contributed by atoms with Gasteiger partial charge in [0.05, 0.1) is 17.0 Å². The summed E-state index contributed by atoms with van der Waals surface area (Å²) >= 11 is 0. The number of aliphatic hydroxyl groups excluding tert-OH is 1. The Kier molecular flexibility index (Phi) is 3.90. The zero-order valence-corrected chi connectivity index (χ0v) is 11.6. The minimum Gasteiger partial charge on any atom is -0.385 e. The summed E-state index contributed by atoms with van der Waals surface area (Å²) in [5.41, 5.74) is 8.53. The molecule has 0 amide bonds. The molecule has 1 aromatic carbocycles. The highest BCUT2D eigenvalue weighted by molar-refractivity contribution is 5.81. The maximum absolute atomic E-state index is 13.1. The van der Waals surface area contributed by atoms with Crippen LogP contribution in [0.4, 0.5) is 4.39 Å². The van der Waals surface area contributed by atoms with Crippen molar-refractivity contribution in [3.63, 3.8) is 0 Å². The molecule has 0 fully saturated rings. The number of nitrogens with two attached hydrogens (primary N) is 1. The standard InChI is InChI=1S/C15H14FN5O/c16-10-3-1-9(2-4-10)14-13(11-5-6-18-8-19-11)15(21-20-14)12(22)7-17/h1-6,8,12,22H,7,17H2,(H,20,21). The van der Waals surface area contributed by atoms with E-state index in [4.69, 9.17) is 5.73 Å². The van der Waals surface area contributed by atoms with Gasteiger partial charge in [-0.25, -0.2) is 14.4 Å². The topological polar surface area (TPSA) is 101 Å². The summed E-state index contributed by atoms with van der Waals surface area (Å²) in [6.07, 6.45) is 2.12. The number of aromatic nitrogens is 4. The first-order valence-electron chi connectivity index (χ1n) is 6.69. The van der Waals surface area contributed by atoms with Crippen molar-refractivity contribution in [3.05, 3.63) is 54.4 Å². The van der Waals surface area contributed by atoms with Crippen LogP contribution in [0.15, 0.2) is 42.9 Å². The van der Waals surface area contributed by atoms with Crippen molar-refractivity contribution in [2.45, 2.75) is 6.10 Å². The number of nitrogens with one attached hydrogen (secondary N) is 1. The second-order valence-corrected chi connectivity index (χ2v) is 4.71. The zero-order valence-electron chi connectivity index (χ0n) is 11.6. The number of benzene rings is 1. The third-order valence-electron chi connectivity index (χ3n) is 3.31. The average Bonchev–Trinajstić information content (AvgIpc) is 3.00. The van der Waals surface area contributed by atoms with Gasteiger partial charge in [0.25, 0.3) is 0 Å². The SMILES string of the molecule is NCC(O)c1[nH]nc(-c2ccc(F)cc2)c1-c1ccncn1. The fraction of sp³-hybridized carbons (Fsp3) is 0.133. The number of hydrogen-bond donors (Lipinski definition) is 3. The average molecular weight is 299 g/mol. The fourth-order valence-electron chi connectivity index (χ4n) is 2.23. The van der Waals surface area contributed by atoms with Gasteiger partial charge in [-0.1, -0.05) is 0 Å². The molecule has 4 N–H and O–H groups in total. The first-order valence-corrected chi connectivity index (χ1v) is 6.69. The van der Waals surface area contributed by atoms with E-state index in [1.165, 1.54) is 18.5 Å². The number of aliphatic hydroxyl groups is 1. The lowest BCUT2D eigenvalue weighted by molar-refractivity contribution is 0.182. The number of nitrogens with zero attached hydrogens (tertiary/aromatic N) is 3. The van der Waals surface area contributed by atoms with Crippen LogP contribution in [0.2, 0.25) is 0 Å². The molecule has 7 heteroatoms. The molecule has 0 spiro atoms. The normalized spacial score (nSPS) is 12.3. The molecule has 0 saturated carbocycles. The Bertz CT molecular complexity index is 757. The monoisotopic (exact) mass is 299 g/mol. The summed E-state index contributed by atoms with van der Waals surface area (Å²) in [5.74, 6) is -0.329. The van der Waals surface area contributed by atoms with Gasteiger partial charge in [-0.15, -0.1) is 0 Å². The predicted molar refractivity (Wildman–Crippen MR) is 79.0 cm³/mol. The van der Waals surface area contributed by atoms with Crippen molar-refractivity contribution < 1.29 is 9.50 Å². The molecule has 6 nitrogen and oxygen atoms in total. The Morgan fingerprint density at radius 2 is 2.00 bits per heavy atom. The second-order valence-electron chi connectivity index (χ2n) is 4.71. The maximum atomic E-state index is 13.1. The molecule has 1 atom stereocenters. The van der Waals surface area contributed by atoms with Gasteiger partial charge in [0.1, 0.15) is 23.9 Å². The highest BCUT2D eigenvalue weighted by atomic mass is 19.1. The van der Waals surface area contributed by atoms with Crippen LogP contribution in [0.1, 0.15) is 11.8 Å². The van der Waals surface area contributed by atoms with E-state index in [1.807, 2.05) is 0 Å². The molecule has 3 rings (SSSR count). The van der Waals surface area contributed by atoms with Crippen LogP contribution in [0.5, 0.6) is 0 Å². The van der Waals surface area contributed by atoms with Crippen molar-refractivity contribution in [1.82, 2.24) is 20.2 Å². The van der Waals surface area contributed by atoms with Crippen molar-refractivity contribution in [2.75, 3.05) is 6.54 Å². The first kappa shape index (κ1) is 14.3. The summed E-state index contributed by atoms with van der Waals surface area (Å²) in [4.78, 5) is 8.09. The fourth-order valence-corrected chi connectivity index (χ4v) is 2.23. The minimum absolute atomic E-state index is 0.0448. The van der Waals surface area contributed by atoms with Gasteiger partial charge in [0.15, 0.2) is 0 Å². The third kappa shape index (κ3) is 2.59. The quantitative estimate of drug-likeness (QED) is 0.680. The van der Waals surface area contributed by atoms with Gasteiger partial charge < -0.3 is 10.8 Å². The van der Waals surface area contributed by atoms with E-state index >= 15 is 0 Å². The van der Waals surface area contributed by atoms with Gasteiger partial charge in [-0.05, 0) is 30.3 Å². The maximum Gasteiger partial charge on any atom is 0.123 e. The number of aromatic amines is 1. The Morgan fingerprint density at radius 1 is 1.23 bits per heavy atom. The Balaban J connectivity index is 2.19. The molecule has 1 unspecified atom stereocenters. The lowest BCUT2D eigenvalue weighted by Crippen LogP contribution is -2.13. The molecule has 2 aromatic heterocycles. The molecule has 0 aliphatic carbocycles. The lowest BCUT2D eigenvalue weighted by atomic mass is 10.0. The van der Waals surface area contributed by atoms with Gasteiger partial charge in [0.2, 0.25) is 0 Å². The molecule has 0 saturated heterocycles. The molecule has 0 radical (unpaired) electrons. The largest absolute Gasteiger partial charge is 0.385 e. The number of hydrogen-bond acceptors (Lipinski definition) is 5. The van der Waals surface area contributed by atoms with E-state index in [9.17, 15) is 9.50 Å². The van der Waals surface area contributed by atoms with Crippen LogP contribution < -0.4 is 5.73 Å². The van der Waals surface area contributed by atoms with Crippen molar-refractivity contribution in [2.24, 2.45) is 5.73 Å². The van der Waals surface area contributed by atoms with Crippen molar-refractivity contribution in [1.29, 1.82) is 0 Å². The van der Waals surface area contributed by atoms with E-state index in [-0.39, 0.29) is 12.4 Å². The molecular formula is C15H14FN5O. The molecule has 112 valence electrons. The van der Waals surface area contributed by atoms with Crippen molar-refractivity contribution >= 4 is 0 Å². The molecular weight excluding hydrogens is 285 g/mol. The second kappa shape index (κ2) is 6.00. The summed E-state index contributed by atoms with van der Waals surface area (Å²) < 4.78 is 13.1. The Labute approximate surface area is 125 Å². The number of H-pyrrole nitrogens is 1. The van der Waals surface area contributed by atoms with Crippen LogP contribution in [-0.4, -0.2) is 31.8 Å². The van der Waals surface area contributed by atoms with Gasteiger partial charge in [-0.3, -0.25) is 5.10 Å². The minimum atomic E-state index is -0.897.